The van der Waals surface area contributed by atoms with Crippen molar-refractivity contribution in [2.45, 2.75) is 39.5 Å². The summed E-state index contributed by atoms with van der Waals surface area (Å²) in [6.45, 7) is 6.55. The van der Waals surface area contributed by atoms with Crippen LogP contribution in [0.4, 0.5) is 0 Å². The molecule has 0 aliphatic heterocycles. The van der Waals surface area contributed by atoms with Crippen LogP contribution in [0.15, 0.2) is 24.3 Å². The molecule has 13 heavy (non-hydrogen) atoms. The van der Waals surface area contributed by atoms with Crippen LogP contribution in [-0.2, 0) is 0 Å². The van der Waals surface area contributed by atoms with E-state index in [1.165, 1.54) is 0 Å². The summed E-state index contributed by atoms with van der Waals surface area (Å²) in [7, 11) is 0. The third-order valence-electron chi connectivity index (χ3n) is 1.78. The van der Waals surface area contributed by atoms with Crippen LogP contribution in [0.5, 0.6) is 0 Å². The Labute approximate surface area is 82.9 Å². The molecule has 0 rings (SSSR count). The highest BCUT2D eigenvalue weighted by Crippen LogP contribution is 1.86. The third kappa shape index (κ3) is 11.4. The van der Waals surface area contributed by atoms with Crippen LogP contribution >= 0.6 is 0 Å². The van der Waals surface area contributed by atoms with E-state index in [2.05, 4.69) is 43.5 Å². The maximum atomic E-state index is 3.40. The van der Waals surface area contributed by atoms with E-state index in [4.69, 9.17) is 0 Å². The summed E-state index contributed by atoms with van der Waals surface area (Å²) in [6, 6.07) is 0. The summed E-state index contributed by atoms with van der Waals surface area (Å²) in [6.07, 6.45) is 13.6. The van der Waals surface area contributed by atoms with Gasteiger partial charge in [-0.2, -0.15) is 0 Å². The quantitative estimate of drug-likeness (QED) is 0.447. The average molecular weight is 181 g/mol. The second-order valence-corrected chi connectivity index (χ2v) is 3.09. The zero-order valence-electron chi connectivity index (χ0n) is 9.05. The van der Waals surface area contributed by atoms with Crippen LogP contribution in [-0.4, -0.2) is 13.1 Å². The molecule has 1 nitrogen and oxygen atoms in total. The highest BCUT2D eigenvalue weighted by atomic mass is 14.8. The van der Waals surface area contributed by atoms with Crippen LogP contribution in [0.2, 0.25) is 0 Å². The van der Waals surface area contributed by atoms with E-state index >= 15 is 0 Å². The highest BCUT2D eigenvalue weighted by Gasteiger charge is 1.82. The Morgan fingerprint density at radius 3 is 1.62 bits per heavy atom. The molecule has 0 aromatic heterocycles. The molecule has 0 aromatic carbocycles. The first kappa shape index (κ1) is 12.4. The first-order valence-corrected chi connectivity index (χ1v) is 5.42. The molecule has 0 unspecified atom stereocenters. The van der Waals surface area contributed by atoms with Gasteiger partial charge in [-0.3, -0.25) is 0 Å². The van der Waals surface area contributed by atoms with Gasteiger partial charge in [-0.05, 0) is 38.8 Å². The third-order valence-corrected chi connectivity index (χ3v) is 1.78. The molecular formula is C12H23N. The summed E-state index contributed by atoms with van der Waals surface area (Å²) in [4.78, 5) is 0. The van der Waals surface area contributed by atoms with Crippen molar-refractivity contribution < 1.29 is 0 Å². The van der Waals surface area contributed by atoms with Crippen molar-refractivity contribution in [1.82, 2.24) is 5.32 Å². The predicted octanol–water partition coefficient (Wildman–Crippen LogP) is 3.29. The highest BCUT2D eigenvalue weighted by molar-refractivity contribution is 4.82. The Morgan fingerprint density at radius 1 is 0.769 bits per heavy atom. The van der Waals surface area contributed by atoms with Crippen molar-refractivity contribution >= 4 is 0 Å². The van der Waals surface area contributed by atoms with Gasteiger partial charge in [0.2, 0.25) is 0 Å². The van der Waals surface area contributed by atoms with Gasteiger partial charge >= 0.3 is 0 Å². The molecule has 76 valence electrons. The molecule has 0 radical (unpaired) electrons. The minimum atomic E-state index is 1.11. The van der Waals surface area contributed by atoms with Crippen LogP contribution in [0.1, 0.15) is 39.5 Å². The van der Waals surface area contributed by atoms with Gasteiger partial charge in [0.1, 0.15) is 0 Å². The lowest BCUT2D eigenvalue weighted by molar-refractivity contribution is 0.696. The van der Waals surface area contributed by atoms with Crippen LogP contribution in [0.3, 0.4) is 0 Å². The molecule has 0 bridgehead atoms. The number of allylic oxidation sites excluding steroid dienone is 2. The lowest BCUT2D eigenvalue weighted by Gasteiger charge is -1.98. The Hall–Kier alpha value is -0.560. The normalized spacial score (nSPS) is 11.8. The summed E-state index contributed by atoms with van der Waals surface area (Å²) in [5.41, 5.74) is 0. The zero-order chi connectivity index (χ0) is 9.78. The molecule has 1 N–H and O–H groups in total. The van der Waals surface area contributed by atoms with E-state index in [1.807, 2.05) is 0 Å². The Balaban J connectivity index is 2.99. The summed E-state index contributed by atoms with van der Waals surface area (Å²) >= 11 is 0. The van der Waals surface area contributed by atoms with E-state index in [0.717, 1.165) is 38.8 Å². The topological polar surface area (TPSA) is 12.0 Å². The Kier molecular flexibility index (Phi) is 10.9. The van der Waals surface area contributed by atoms with Crippen molar-refractivity contribution in [2.24, 2.45) is 0 Å². The van der Waals surface area contributed by atoms with Gasteiger partial charge in [0, 0.05) is 0 Å². The van der Waals surface area contributed by atoms with Crippen molar-refractivity contribution in [2.75, 3.05) is 13.1 Å². The van der Waals surface area contributed by atoms with E-state index in [9.17, 15) is 0 Å². The van der Waals surface area contributed by atoms with E-state index < -0.39 is 0 Å². The maximum absolute atomic E-state index is 3.40. The Morgan fingerprint density at radius 2 is 1.23 bits per heavy atom. The standard InChI is InChI=1S/C12H23N/c1-3-5-7-9-11-13-12-10-8-6-4-2/h5-8,13H,3-4,9-12H2,1-2H3/b7-5+,8-6+. The molecule has 0 fully saturated rings. The van der Waals surface area contributed by atoms with Gasteiger partial charge in [0.15, 0.2) is 0 Å². The molecule has 0 amide bonds. The van der Waals surface area contributed by atoms with Gasteiger partial charge < -0.3 is 5.32 Å². The number of nitrogens with one attached hydrogen (secondary N) is 1. The summed E-state index contributed by atoms with van der Waals surface area (Å²) in [5, 5.41) is 3.40. The molecular weight excluding hydrogens is 158 g/mol. The fourth-order valence-corrected chi connectivity index (χ4v) is 1.06. The van der Waals surface area contributed by atoms with E-state index in [0.29, 0.717) is 0 Å². The van der Waals surface area contributed by atoms with Crippen LogP contribution in [0.25, 0.3) is 0 Å². The summed E-state index contributed by atoms with van der Waals surface area (Å²) in [5.74, 6) is 0. The maximum Gasteiger partial charge on any atom is -0.00141 e. The predicted molar refractivity (Wildman–Crippen MR) is 61.0 cm³/mol. The molecule has 0 spiro atoms. The summed E-state index contributed by atoms with van der Waals surface area (Å²) < 4.78 is 0. The minimum Gasteiger partial charge on any atom is -0.316 e. The SMILES string of the molecule is CC/C=C/CCNCC/C=C/CC. The lowest BCUT2D eigenvalue weighted by Crippen LogP contribution is -2.15. The molecule has 0 saturated heterocycles. The lowest BCUT2D eigenvalue weighted by atomic mass is 10.3. The second-order valence-electron chi connectivity index (χ2n) is 3.09. The largest absolute Gasteiger partial charge is 0.316 e. The van der Waals surface area contributed by atoms with Gasteiger partial charge in [-0.25, -0.2) is 0 Å². The molecule has 1 heteroatoms. The monoisotopic (exact) mass is 181 g/mol. The van der Waals surface area contributed by atoms with Crippen molar-refractivity contribution in [3.8, 4) is 0 Å². The van der Waals surface area contributed by atoms with Crippen LogP contribution < -0.4 is 5.32 Å². The van der Waals surface area contributed by atoms with Gasteiger partial charge in [-0.1, -0.05) is 38.2 Å². The smallest absolute Gasteiger partial charge is 0.00141 e. The first-order chi connectivity index (χ1) is 6.41. The minimum absolute atomic E-state index is 1.11. The molecule has 0 aliphatic carbocycles. The molecule has 0 heterocycles. The molecule has 0 atom stereocenters. The van der Waals surface area contributed by atoms with Gasteiger partial charge in [-0.15, -0.1) is 0 Å². The zero-order valence-corrected chi connectivity index (χ0v) is 9.05. The van der Waals surface area contributed by atoms with Gasteiger partial charge in [0.25, 0.3) is 0 Å². The number of hydrogen-bond donors (Lipinski definition) is 1. The number of rotatable bonds is 8. The van der Waals surface area contributed by atoms with Gasteiger partial charge in [0.05, 0.1) is 0 Å². The molecule has 0 saturated carbocycles. The molecule has 0 aromatic rings. The van der Waals surface area contributed by atoms with Crippen molar-refractivity contribution in [3.05, 3.63) is 24.3 Å². The fraction of sp³-hybridized carbons (Fsp3) is 0.667. The van der Waals surface area contributed by atoms with Crippen molar-refractivity contribution in [3.63, 3.8) is 0 Å². The van der Waals surface area contributed by atoms with Crippen LogP contribution in [0, 0.1) is 0 Å². The Bertz CT molecular complexity index is 120. The number of hydrogen-bond acceptors (Lipinski definition) is 1. The van der Waals surface area contributed by atoms with E-state index in [1.54, 1.807) is 0 Å². The molecule has 0 aliphatic rings. The average Bonchev–Trinajstić information content (AvgIpc) is 2.16. The van der Waals surface area contributed by atoms with Crippen molar-refractivity contribution in [1.29, 1.82) is 0 Å². The van der Waals surface area contributed by atoms with E-state index in [-0.39, 0.29) is 0 Å². The first-order valence-electron chi connectivity index (χ1n) is 5.42. The fourth-order valence-electron chi connectivity index (χ4n) is 1.06. The second kappa shape index (κ2) is 11.4.